The molecule has 1 unspecified atom stereocenters. The molecule has 3 saturated heterocycles. The number of piperazine rings is 1. The average molecular weight is 418 g/mol. The highest BCUT2D eigenvalue weighted by Crippen LogP contribution is 2.39. The van der Waals surface area contributed by atoms with Crippen LogP contribution in [0.3, 0.4) is 0 Å². The fraction of sp³-hybridized carbons (Fsp3) is 0.462. The van der Waals surface area contributed by atoms with Gasteiger partial charge in [-0.3, -0.25) is 14.5 Å². The highest BCUT2D eigenvalue weighted by molar-refractivity contribution is 6.00. The molecule has 3 heterocycles. The van der Waals surface area contributed by atoms with Crippen molar-refractivity contribution in [2.75, 3.05) is 26.2 Å². The van der Waals surface area contributed by atoms with Crippen molar-refractivity contribution >= 4 is 11.8 Å². The Balaban J connectivity index is 1.35. The number of hydrogen-bond donors (Lipinski definition) is 0. The number of fused-ring (bicyclic) bond motifs is 1. The van der Waals surface area contributed by atoms with Gasteiger partial charge in [0.05, 0.1) is 0 Å². The summed E-state index contributed by atoms with van der Waals surface area (Å²) in [6, 6.07) is 20.5. The number of carbonyl (C=O) groups is 2. The standard InChI is InChI=1S/C26H31N3O2/c30-24-23-12-7-16-28(23)25(31)26(29(24)17-13-21-8-3-1-4-9-21)14-18-27(19-15-26)20-22-10-5-2-6-11-22/h1-6,8-11,23H,7,12-20H2. The Morgan fingerprint density at radius 3 is 2.16 bits per heavy atom. The Morgan fingerprint density at radius 2 is 1.48 bits per heavy atom. The lowest BCUT2D eigenvalue weighted by Gasteiger charge is -2.53. The summed E-state index contributed by atoms with van der Waals surface area (Å²) in [6.45, 7) is 3.94. The van der Waals surface area contributed by atoms with Crippen molar-refractivity contribution in [3.63, 3.8) is 0 Å². The molecule has 3 aliphatic heterocycles. The Hall–Kier alpha value is -2.66. The zero-order chi connectivity index (χ0) is 21.3. The molecule has 0 N–H and O–H groups in total. The van der Waals surface area contributed by atoms with Gasteiger partial charge in [-0.1, -0.05) is 60.7 Å². The van der Waals surface area contributed by atoms with Crippen molar-refractivity contribution in [3.8, 4) is 0 Å². The molecule has 5 heteroatoms. The van der Waals surface area contributed by atoms with E-state index >= 15 is 0 Å². The molecule has 31 heavy (non-hydrogen) atoms. The highest BCUT2D eigenvalue weighted by Gasteiger charge is 2.57. The number of benzene rings is 2. The van der Waals surface area contributed by atoms with E-state index in [-0.39, 0.29) is 17.9 Å². The smallest absolute Gasteiger partial charge is 0.249 e. The predicted octanol–water partition coefficient (Wildman–Crippen LogP) is 3.10. The number of carbonyl (C=O) groups excluding carboxylic acids is 2. The lowest BCUT2D eigenvalue weighted by Crippen LogP contribution is -2.72. The van der Waals surface area contributed by atoms with Crippen LogP contribution in [-0.2, 0) is 22.6 Å². The molecule has 0 saturated carbocycles. The van der Waals surface area contributed by atoms with Gasteiger partial charge in [0.25, 0.3) is 0 Å². The zero-order valence-electron chi connectivity index (χ0n) is 18.1. The first-order valence-electron chi connectivity index (χ1n) is 11.6. The topological polar surface area (TPSA) is 43.9 Å². The van der Waals surface area contributed by atoms with Gasteiger partial charge in [-0.2, -0.15) is 0 Å². The maximum absolute atomic E-state index is 13.7. The quantitative estimate of drug-likeness (QED) is 0.751. The summed E-state index contributed by atoms with van der Waals surface area (Å²) in [4.78, 5) is 33.6. The van der Waals surface area contributed by atoms with E-state index in [1.165, 1.54) is 11.1 Å². The van der Waals surface area contributed by atoms with Gasteiger partial charge in [0.1, 0.15) is 11.6 Å². The summed E-state index contributed by atoms with van der Waals surface area (Å²) in [5, 5.41) is 0. The Morgan fingerprint density at radius 1 is 0.839 bits per heavy atom. The fourth-order valence-electron chi connectivity index (χ4n) is 5.66. The summed E-state index contributed by atoms with van der Waals surface area (Å²) in [5.41, 5.74) is 1.85. The summed E-state index contributed by atoms with van der Waals surface area (Å²) in [7, 11) is 0. The number of piperidine rings is 1. The van der Waals surface area contributed by atoms with Crippen LogP contribution in [0.15, 0.2) is 60.7 Å². The van der Waals surface area contributed by atoms with Crippen molar-refractivity contribution in [2.24, 2.45) is 0 Å². The van der Waals surface area contributed by atoms with Crippen LogP contribution < -0.4 is 0 Å². The fourth-order valence-corrected chi connectivity index (χ4v) is 5.66. The van der Waals surface area contributed by atoms with Crippen molar-refractivity contribution in [1.82, 2.24) is 14.7 Å². The van der Waals surface area contributed by atoms with Gasteiger partial charge in [0, 0.05) is 32.7 Å². The van der Waals surface area contributed by atoms with Gasteiger partial charge in [0.2, 0.25) is 11.8 Å². The SMILES string of the molecule is O=C1C2CCCN2C(=O)C2(CCN(Cc3ccccc3)CC2)N1CCc1ccccc1. The molecule has 0 radical (unpaired) electrons. The third kappa shape index (κ3) is 3.76. The first kappa shape index (κ1) is 20.3. The number of hydrogen-bond acceptors (Lipinski definition) is 3. The predicted molar refractivity (Wildman–Crippen MR) is 120 cm³/mol. The minimum absolute atomic E-state index is 0.171. The third-order valence-corrected chi connectivity index (χ3v) is 7.38. The second-order valence-electron chi connectivity index (χ2n) is 9.18. The second kappa shape index (κ2) is 8.46. The number of nitrogens with zero attached hydrogens (tertiary/aromatic N) is 3. The van der Waals surface area contributed by atoms with E-state index in [1.54, 1.807) is 0 Å². The molecule has 2 amide bonds. The number of likely N-dealkylation sites (tertiary alicyclic amines) is 1. The van der Waals surface area contributed by atoms with Crippen LogP contribution in [0.4, 0.5) is 0 Å². The van der Waals surface area contributed by atoms with Crippen molar-refractivity contribution in [2.45, 2.75) is 50.2 Å². The zero-order valence-corrected chi connectivity index (χ0v) is 18.1. The van der Waals surface area contributed by atoms with E-state index in [1.807, 2.05) is 34.1 Å². The molecular weight excluding hydrogens is 386 g/mol. The largest absolute Gasteiger partial charge is 0.329 e. The molecule has 1 spiro atoms. The molecular formula is C26H31N3O2. The molecule has 1 atom stereocenters. The Labute approximate surface area is 184 Å². The van der Waals surface area contributed by atoms with Crippen molar-refractivity contribution in [3.05, 3.63) is 71.8 Å². The second-order valence-corrected chi connectivity index (χ2v) is 9.18. The molecule has 0 aromatic heterocycles. The van der Waals surface area contributed by atoms with E-state index in [4.69, 9.17) is 0 Å². The molecule has 162 valence electrons. The third-order valence-electron chi connectivity index (χ3n) is 7.38. The average Bonchev–Trinajstić information content (AvgIpc) is 3.31. The van der Waals surface area contributed by atoms with Crippen LogP contribution in [0.25, 0.3) is 0 Å². The summed E-state index contributed by atoms with van der Waals surface area (Å²) < 4.78 is 0. The molecule has 0 aliphatic carbocycles. The van der Waals surface area contributed by atoms with Crippen LogP contribution in [0.5, 0.6) is 0 Å². The van der Waals surface area contributed by atoms with Crippen LogP contribution in [0, 0.1) is 0 Å². The summed E-state index contributed by atoms with van der Waals surface area (Å²) in [6.07, 6.45) is 3.99. The lowest BCUT2D eigenvalue weighted by molar-refractivity contribution is -0.172. The summed E-state index contributed by atoms with van der Waals surface area (Å²) >= 11 is 0. The molecule has 0 bridgehead atoms. The van der Waals surface area contributed by atoms with E-state index < -0.39 is 5.54 Å². The molecule has 2 aromatic carbocycles. The van der Waals surface area contributed by atoms with Gasteiger partial charge in [-0.15, -0.1) is 0 Å². The highest BCUT2D eigenvalue weighted by atomic mass is 16.2. The van der Waals surface area contributed by atoms with Crippen molar-refractivity contribution < 1.29 is 9.59 Å². The molecule has 5 rings (SSSR count). The molecule has 3 aliphatic rings. The maximum Gasteiger partial charge on any atom is 0.249 e. The summed E-state index contributed by atoms with van der Waals surface area (Å²) in [5.74, 6) is 0.367. The van der Waals surface area contributed by atoms with Crippen LogP contribution in [-0.4, -0.2) is 64.3 Å². The first-order chi connectivity index (χ1) is 15.2. The Kier molecular flexibility index (Phi) is 5.53. The minimum atomic E-state index is -0.667. The van der Waals surface area contributed by atoms with Crippen LogP contribution in [0.1, 0.15) is 36.8 Å². The monoisotopic (exact) mass is 417 g/mol. The molecule has 2 aromatic rings. The van der Waals surface area contributed by atoms with E-state index in [0.717, 1.165) is 58.3 Å². The number of rotatable bonds is 5. The first-order valence-corrected chi connectivity index (χ1v) is 11.6. The van der Waals surface area contributed by atoms with E-state index in [9.17, 15) is 9.59 Å². The normalized spacial score (nSPS) is 23.4. The van der Waals surface area contributed by atoms with Crippen LogP contribution in [0.2, 0.25) is 0 Å². The molecule has 3 fully saturated rings. The van der Waals surface area contributed by atoms with Crippen molar-refractivity contribution in [1.29, 1.82) is 0 Å². The van der Waals surface area contributed by atoms with Crippen LogP contribution >= 0.6 is 0 Å². The lowest BCUT2D eigenvalue weighted by atomic mass is 9.80. The van der Waals surface area contributed by atoms with E-state index in [0.29, 0.717) is 6.54 Å². The maximum atomic E-state index is 13.7. The van der Waals surface area contributed by atoms with Gasteiger partial charge in [0.15, 0.2) is 0 Å². The number of amides is 2. The van der Waals surface area contributed by atoms with Gasteiger partial charge in [-0.25, -0.2) is 0 Å². The molecule has 5 nitrogen and oxygen atoms in total. The van der Waals surface area contributed by atoms with Gasteiger partial charge >= 0.3 is 0 Å². The van der Waals surface area contributed by atoms with Gasteiger partial charge < -0.3 is 9.80 Å². The van der Waals surface area contributed by atoms with E-state index in [2.05, 4.69) is 41.3 Å². The van der Waals surface area contributed by atoms with Gasteiger partial charge in [-0.05, 0) is 43.2 Å². The minimum Gasteiger partial charge on any atom is -0.329 e. The Bertz CT molecular complexity index is 922.